The third-order valence-corrected chi connectivity index (χ3v) is 10.7. The lowest BCUT2D eigenvalue weighted by molar-refractivity contribution is -0.633. The monoisotopic (exact) mass is 667 g/mol. The van der Waals surface area contributed by atoms with E-state index in [-0.39, 0.29) is 17.5 Å². The van der Waals surface area contributed by atoms with Gasteiger partial charge in [-0.2, -0.15) is 4.57 Å². The smallest absolute Gasteiger partial charge is 0.299 e. The Hall–Kier alpha value is -5.74. The first-order chi connectivity index (χ1) is 25.9. The molecule has 0 unspecified atom stereocenters. The summed E-state index contributed by atoms with van der Waals surface area (Å²) in [7, 11) is 2.15. The average Bonchev–Trinajstić information content (AvgIpc) is 3.68. The van der Waals surface area contributed by atoms with E-state index in [1.54, 1.807) is 0 Å². The summed E-state index contributed by atoms with van der Waals surface area (Å²) in [5.74, 6) is 1.50. The van der Waals surface area contributed by atoms with Crippen LogP contribution in [0.2, 0.25) is 0 Å². The minimum atomic E-state index is -2.39. The molecule has 250 valence electrons. The van der Waals surface area contributed by atoms with Crippen molar-refractivity contribution in [2.45, 2.75) is 53.3 Å². The molecular weight excluding hydrogens is 623 g/mol. The number of pyridine rings is 1. The number of para-hydroxylation sites is 3. The predicted octanol–water partition coefficient (Wildman–Crippen LogP) is 12.3. The summed E-state index contributed by atoms with van der Waals surface area (Å²) in [6.07, 6.45) is 0. The van der Waals surface area contributed by atoms with Gasteiger partial charge in [0.1, 0.15) is 16.8 Å². The molecule has 0 aliphatic carbocycles. The number of fused-ring (bicyclic) bond motifs is 8. The number of imidazole rings is 1. The Bertz CT molecular complexity index is 2920. The Morgan fingerprint density at radius 3 is 2.08 bits per heavy atom. The summed E-state index contributed by atoms with van der Waals surface area (Å²) < 4.78 is 37.1. The Morgan fingerprint density at radius 2 is 1.33 bits per heavy atom. The van der Waals surface area contributed by atoms with Gasteiger partial charge in [-0.1, -0.05) is 107 Å². The Balaban J connectivity index is 1.43. The van der Waals surface area contributed by atoms with Crippen LogP contribution in [-0.4, -0.2) is 9.55 Å². The highest BCUT2D eigenvalue weighted by molar-refractivity contribution is 6.23. The van der Waals surface area contributed by atoms with Crippen molar-refractivity contribution in [2.75, 3.05) is 0 Å². The minimum Gasteiger partial charge on any atom is -0.454 e. The molecule has 9 rings (SSSR count). The van der Waals surface area contributed by atoms with Gasteiger partial charge in [-0.25, -0.2) is 4.57 Å². The van der Waals surface area contributed by atoms with Crippen molar-refractivity contribution in [1.82, 2.24) is 9.55 Å². The molecule has 0 bridgehead atoms. The largest absolute Gasteiger partial charge is 0.454 e. The molecule has 9 aromatic rings. The number of hydrogen-bond acceptors (Lipinski definition) is 2. The van der Waals surface area contributed by atoms with Gasteiger partial charge in [-0.3, -0.25) is 4.98 Å². The van der Waals surface area contributed by atoms with E-state index in [4.69, 9.17) is 8.53 Å². The molecule has 4 heteroatoms. The maximum absolute atomic E-state index is 8.39. The van der Waals surface area contributed by atoms with E-state index in [1.165, 1.54) is 27.9 Å². The topological polar surface area (TPSA) is 34.8 Å². The molecular formula is C47H42N3O+. The van der Waals surface area contributed by atoms with Crippen LogP contribution in [0, 0.1) is 13.8 Å². The van der Waals surface area contributed by atoms with Gasteiger partial charge in [0.15, 0.2) is 16.6 Å². The van der Waals surface area contributed by atoms with Crippen LogP contribution in [0.25, 0.3) is 82.8 Å². The van der Waals surface area contributed by atoms with Gasteiger partial charge < -0.3 is 4.42 Å². The van der Waals surface area contributed by atoms with E-state index in [9.17, 15) is 0 Å². The van der Waals surface area contributed by atoms with Crippen molar-refractivity contribution in [2.24, 2.45) is 7.05 Å². The lowest BCUT2D eigenvalue weighted by Crippen LogP contribution is -2.30. The number of aryl methyl sites for hydroxylation is 3. The van der Waals surface area contributed by atoms with E-state index in [0.29, 0.717) is 16.5 Å². The third kappa shape index (κ3) is 4.66. The zero-order chi connectivity index (χ0) is 37.6. The number of benzene rings is 6. The predicted molar refractivity (Wildman–Crippen MR) is 213 cm³/mol. The number of nitrogens with zero attached hydrogens (tertiary/aromatic N) is 3. The summed E-state index contributed by atoms with van der Waals surface area (Å²) in [5, 5.41) is 4.14. The number of rotatable bonds is 5. The Morgan fingerprint density at radius 1 is 0.686 bits per heavy atom. The zero-order valence-corrected chi connectivity index (χ0v) is 29.9. The van der Waals surface area contributed by atoms with Crippen LogP contribution in [0.5, 0.6) is 0 Å². The highest BCUT2D eigenvalue weighted by Crippen LogP contribution is 2.45. The first kappa shape index (κ1) is 28.0. The van der Waals surface area contributed by atoms with Crippen molar-refractivity contribution < 1.29 is 13.1 Å². The molecule has 4 nitrogen and oxygen atoms in total. The van der Waals surface area contributed by atoms with E-state index < -0.39 is 6.85 Å². The van der Waals surface area contributed by atoms with Crippen molar-refractivity contribution >= 4 is 54.6 Å². The van der Waals surface area contributed by atoms with E-state index in [0.717, 1.165) is 55.1 Å². The SMILES string of the molecule is [2H]C([2H])([2H])c1nc2ccccc2c2c1ccc1c3ccc(C)c(-c4n(-c5c(C(C)C)cc(-c6ccccc6)cc5C(C)C)c5ccccc5[n+]4C)c3oc12. The summed E-state index contributed by atoms with van der Waals surface area (Å²) in [5.41, 5.74) is 12.6. The molecule has 0 saturated carbocycles. The maximum Gasteiger partial charge on any atom is 0.299 e. The molecule has 0 aliphatic heterocycles. The molecule has 0 atom stereocenters. The molecule has 51 heavy (non-hydrogen) atoms. The Kier molecular flexibility index (Phi) is 6.41. The van der Waals surface area contributed by atoms with Gasteiger partial charge in [0.2, 0.25) is 0 Å². The van der Waals surface area contributed by atoms with Gasteiger partial charge in [-0.05, 0) is 78.7 Å². The fourth-order valence-corrected chi connectivity index (χ4v) is 8.14. The molecule has 6 aromatic carbocycles. The van der Waals surface area contributed by atoms with Crippen LogP contribution in [0.4, 0.5) is 0 Å². The molecule has 0 saturated heterocycles. The minimum absolute atomic E-state index is 0.0860. The average molecular weight is 668 g/mol. The van der Waals surface area contributed by atoms with Crippen molar-refractivity contribution in [3.05, 3.63) is 138 Å². The fourth-order valence-electron chi connectivity index (χ4n) is 8.14. The summed E-state index contributed by atoms with van der Waals surface area (Å²) in [6.45, 7) is 8.90. The number of furan rings is 1. The molecule has 0 radical (unpaired) electrons. The third-order valence-electron chi connectivity index (χ3n) is 10.7. The molecule has 0 fully saturated rings. The van der Waals surface area contributed by atoms with Gasteiger partial charge in [-0.15, -0.1) is 0 Å². The van der Waals surface area contributed by atoms with Crippen LogP contribution >= 0.6 is 0 Å². The highest BCUT2D eigenvalue weighted by atomic mass is 16.3. The molecule has 0 aliphatic rings. The zero-order valence-electron chi connectivity index (χ0n) is 32.9. The normalized spacial score (nSPS) is 13.3. The Labute approximate surface area is 302 Å². The molecule has 0 spiro atoms. The summed E-state index contributed by atoms with van der Waals surface area (Å²) >= 11 is 0. The second-order valence-electron chi connectivity index (χ2n) is 14.5. The molecule has 3 heterocycles. The van der Waals surface area contributed by atoms with Crippen LogP contribution in [0.1, 0.15) is 66.0 Å². The van der Waals surface area contributed by atoms with Crippen LogP contribution in [0.15, 0.2) is 120 Å². The van der Waals surface area contributed by atoms with Crippen molar-refractivity contribution in [3.8, 4) is 28.2 Å². The summed E-state index contributed by atoms with van der Waals surface area (Å²) in [6, 6.07) is 40.0. The molecule has 0 amide bonds. The molecule has 0 N–H and O–H groups in total. The standard InChI is InChI=1S/C47H42N3O/c1-27(2)37-25-32(31-15-9-8-10-16-31)26-38(28(3)4)44(37)50-41-20-14-13-19-40(41)49(7)47(50)42-29(5)21-22-34-35-24-23-33-30(6)48-39-18-12-11-17-36(39)43(33)46(35)51-45(34)42/h8-28H,1-7H3/q+1/i6D3. The lowest BCUT2D eigenvalue weighted by atomic mass is 9.88. The van der Waals surface area contributed by atoms with E-state index >= 15 is 0 Å². The van der Waals surface area contributed by atoms with Crippen molar-refractivity contribution in [3.63, 3.8) is 0 Å². The van der Waals surface area contributed by atoms with Crippen LogP contribution < -0.4 is 4.57 Å². The fraction of sp³-hybridized carbons (Fsp3) is 0.191. The van der Waals surface area contributed by atoms with Gasteiger partial charge in [0, 0.05) is 47.9 Å². The second kappa shape index (κ2) is 11.7. The van der Waals surface area contributed by atoms with Crippen LogP contribution in [0.3, 0.4) is 0 Å². The first-order valence-electron chi connectivity index (χ1n) is 19.3. The lowest BCUT2D eigenvalue weighted by Gasteiger charge is -2.21. The van der Waals surface area contributed by atoms with E-state index in [2.05, 4.69) is 135 Å². The highest BCUT2D eigenvalue weighted by Gasteiger charge is 2.34. The van der Waals surface area contributed by atoms with Crippen LogP contribution in [-0.2, 0) is 7.05 Å². The number of hydrogen-bond donors (Lipinski definition) is 0. The van der Waals surface area contributed by atoms with Gasteiger partial charge >= 0.3 is 0 Å². The van der Waals surface area contributed by atoms with Crippen molar-refractivity contribution in [1.29, 1.82) is 0 Å². The second-order valence-corrected chi connectivity index (χ2v) is 14.5. The number of aromatic nitrogens is 3. The quantitative estimate of drug-likeness (QED) is 0.135. The molecule has 3 aromatic heterocycles. The maximum atomic E-state index is 8.39. The first-order valence-corrected chi connectivity index (χ1v) is 17.8. The van der Waals surface area contributed by atoms with Gasteiger partial charge in [0.25, 0.3) is 5.82 Å². The van der Waals surface area contributed by atoms with Gasteiger partial charge in [0.05, 0.1) is 12.6 Å². The van der Waals surface area contributed by atoms with E-state index in [1.807, 2.05) is 36.4 Å². The summed E-state index contributed by atoms with van der Waals surface area (Å²) in [4.78, 5) is 4.66.